The lowest BCUT2D eigenvalue weighted by molar-refractivity contribution is -0.00834. The number of morpholine rings is 1. The predicted octanol–water partition coefficient (Wildman–Crippen LogP) is 1.91. The molecule has 8 heteroatoms. The van der Waals surface area contributed by atoms with Gasteiger partial charge in [-0.1, -0.05) is 6.92 Å². The molecule has 0 aliphatic carbocycles. The van der Waals surface area contributed by atoms with Crippen molar-refractivity contribution >= 4 is 12.1 Å². The van der Waals surface area contributed by atoms with E-state index in [9.17, 15) is 4.79 Å². The number of nitrogens with zero attached hydrogens (tertiary/aromatic N) is 3. The molecule has 0 bridgehead atoms. The third-order valence-electron chi connectivity index (χ3n) is 4.60. The zero-order chi connectivity index (χ0) is 21.2. The fraction of sp³-hybridized carbons (Fsp3) is 0.900. The van der Waals surface area contributed by atoms with Crippen molar-refractivity contribution in [2.45, 2.75) is 59.1 Å². The Bertz CT molecular complexity index is 497. The molecule has 164 valence electrons. The van der Waals surface area contributed by atoms with Gasteiger partial charge in [0.15, 0.2) is 5.96 Å². The SMILES string of the molecule is CCCN(CCNC(=NC)NCC(C)(C)N1CCOCC1)C(=O)OC(C)(C)C. The number of guanidine groups is 1. The molecule has 0 saturated carbocycles. The van der Waals surface area contributed by atoms with E-state index in [0.717, 1.165) is 45.2 Å². The van der Waals surface area contributed by atoms with Crippen LogP contribution in [-0.4, -0.2) is 92.5 Å². The molecule has 28 heavy (non-hydrogen) atoms. The summed E-state index contributed by atoms with van der Waals surface area (Å²) in [4.78, 5) is 20.8. The molecule has 8 nitrogen and oxygen atoms in total. The van der Waals surface area contributed by atoms with E-state index in [4.69, 9.17) is 9.47 Å². The van der Waals surface area contributed by atoms with E-state index in [1.54, 1.807) is 11.9 Å². The first-order chi connectivity index (χ1) is 13.1. The second kappa shape index (κ2) is 11.5. The first-order valence-electron chi connectivity index (χ1n) is 10.3. The van der Waals surface area contributed by atoms with Crippen LogP contribution in [0.3, 0.4) is 0 Å². The van der Waals surface area contributed by atoms with Crippen molar-refractivity contribution in [2.24, 2.45) is 4.99 Å². The molecule has 1 aliphatic rings. The van der Waals surface area contributed by atoms with Gasteiger partial charge in [0.2, 0.25) is 0 Å². The molecule has 0 atom stereocenters. The van der Waals surface area contributed by atoms with Gasteiger partial charge in [-0.3, -0.25) is 9.89 Å². The minimum absolute atomic E-state index is 0.00611. The van der Waals surface area contributed by atoms with E-state index >= 15 is 0 Å². The molecule has 1 rings (SSSR count). The molecule has 0 unspecified atom stereocenters. The summed E-state index contributed by atoms with van der Waals surface area (Å²) in [6.45, 7) is 18.2. The number of nitrogens with one attached hydrogen (secondary N) is 2. The largest absolute Gasteiger partial charge is 0.444 e. The topological polar surface area (TPSA) is 78.4 Å². The molecular weight excluding hydrogens is 358 g/mol. The van der Waals surface area contributed by atoms with Crippen LogP contribution < -0.4 is 10.6 Å². The maximum atomic E-state index is 12.3. The molecule has 1 heterocycles. The number of ether oxygens (including phenoxy) is 2. The Morgan fingerprint density at radius 1 is 1.14 bits per heavy atom. The van der Waals surface area contributed by atoms with Crippen LogP contribution in [0.4, 0.5) is 4.79 Å². The summed E-state index contributed by atoms with van der Waals surface area (Å²) < 4.78 is 10.9. The molecule has 0 radical (unpaired) electrons. The third kappa shape index (κ3) is 9.10. The summed E-state index contributed by atoms with van der Waals surface area (Å²) >= 11 is 0. The molecule has 1 amide bonds. The van der Waals surface area contributed by atoms with E-state index in [2.05, 4.69) is 41.3 Å². The summed E-state index contributed by atoms with van der Waals surface area (Å²) in [7, 11) is 1.76. The molecular formula is C20H41N5O3. The van der Waals surface area contributed by atoms with Crippen LogP contribution in [0.25, 0.3) is 0 Å². The number of amides is 1. The van der Waals surface area contributed by atoms with Gasteiger partial charge < -0.3 is 25.0 Å². The monoisotopic (exact) mass is 399 g/mol. The van der Waals surface area contributed by atoms with Crippen LogP contribution in [0.2, 0.25) is 0 Å². The molecule has 1 fully saturated rings. The van der Waals surface area contributed by atoms with Crippen LogP contribution in [-0.2, 0) is 9.47 Å². The van der Waals surface area contributed by atoms with Crippen LogP contribution in [0.5, 0.6) is 0 Å². The maximum absolute atomic E-state index is 12.3. The Kier molecular flexibility index (Phi) is 10.0. The Balaban J connectivity index is 2.46. The molecule has 0 aromatic rings. The zero-order valence-corrected chi connectivity index (χ0v) is 18.9. The highest BCUT2D eigenvalue weighted by atomic mass is 16.6. The highest BCUT2D eigenvalue weighted by Crippen LogP contribution is 2.15. The second-order valence-corrected chi connectivity index (χ2v) is 8.73. The normalized spacial score (nSPS) is 16.6. The summed E-state index contributed by atoms with van der Waals surface area (Å²) in [5.41, 5.74) is -0.481. The average molecular weight is 400 g/mol. The van der Waals surface area contributed by atoms with Gasteiger partial charge in [-0.2, -0.15) is 0 Å². The lowest BCUT2D eigenvalue weighted by atomic mass is 10.0. The minimum Gasteiger partial charge on any atom is -0.444 e. The third-order valence-corrected chi connectivity index (χ3v) is 4.60. The van der Waals surface area contributed by atoms with Crippen molar-refractivity contribution in [3.05, 3.63) is 0 Å². The average Bonchev–Trinajstić information content (AvgIpc) is 2.63. The van der Waals surface area contributed by atoms with E-state index in [1.165, 1.54) is 0 Å². The number of hydrogen-bond donors (Lipinski definition) is 2. The van der Waals surface area contributed by atoms with E-state index < -0.39 is 5.60 Å². The lowest BCUT2D eigenvalue weighted by Gasteiger charge is -2.41. The van der Waals surface area contributed by atoms with Crippen molar-refractivity contribution in [3.63, 3.8) is 0 Å². The molecule has 2 N–H and O–H groups in total. The number of aliphatic imine (C=N–C) groups is 1. The highest BCUT2D eigenvalue weighted by Gasteiger charge is 2.28. The van der Waals surface area contributed by atoms with Gasteiger partial charge in [0.1, 0.15) is 5.60 Å². The van der Waals surface area contributed by atoms with Gasteiger partial charge >= 0.3 is 6.09 Å². The summed E-state index contributed by atoms with van der Waals surface area (Å²) in [6.07, 6.45) is 0.618. The van der Waals surface area contributed by atoms with E-state index in [0.29, 0.717) is 19.6 Å². The van der Waals surface area contributed by atoms with Gasteiger partial charge in [-0.05, 0) is 41.0 Å². The maximum Gasteiger partial charge on any atom is 0.410 e. The summed E-state index contributed by atoms with van der Waals surface area (Å²) in [6, 6.07) is 0. The van der Waals surface area contributed by atoms with E-state index in [-0.39, 0.29) is 11.6 Å². The van der Waals surface area contributed by atoms with Crippen molar-refractivity contribution in [3.8, 4) is 0 Å². The van der Waals surface area contributed by atoms with Crippen LogP contribution in [0.1, 0.15) is 48.0 Å². The van der Waals surface area contributed by atoms with Crippen LogP contribution in [0, 0.1) is 0 Å². The number of rotatable bonds is 8. The quantitative estimate of drug-likeness (QED) is 0.480. The van der Waals surface area contributed by atoms with Crippen molar-refractivity contribution < 1.29 is 14.3 Å². The Morgan fingerprint density at radius 2 is 1.79 bits per heavy atom. The first-order valence-corrected chi connectivity index (χ1v) is 10.3. The molecule has 0 aromatic heterocycles. The Hall–Kier alpha value is -1.54. The van der Waals surface area contributed by atoms with E-state index in [1.807, 2.05) is 20.8 Å². The van der Waals surface area contributed by atoms with Crippen molar-refractivity contribution in [1.82, 2.24) is 20.4 Å². The Morgan fingerprint density at radius 3 is 2.32 bits per heavy atom. The molecule has 1 saturated heterocycles. The molecule has 1 aliphatic heterocycles. The van der Waals surface area contributed by atoms with Crippen molar-refractivity contribution in [2.75, 3.05) is 59.5 Å². The Labute approximate surface area is 171 Å². The number of carbonyl (C=O) groups excluding carboxylic acids is 1. The van der Waals surface area contributed by atoms with Crippen LogP contribution in [0.15, 0.2) is 4.99 Å². The summed E-state index contributed by atoms with van der Waals surface area (Å²) in [5.74, 6) is 0.738. The van der Waals surface area contributed by atoms with Crippen LogP contribution >= 0.6 is 0 Å². The fourth-order valence-corrected chi connectivity index (χ4v) is 3.00. The lowest BCUT2D eigenvalue weighted by Crippen LogP contribution is -2.56. The van der Waals surface area contributed by atoms with Crippen molar-refractivity contribution in [1.29, 1.82) is 0 Å². The standard InChI is InChI=1S/C20H41N5O3/c1-8-10-24(18(26)28-19(2,3)4)11-9-22-17(21-7)23-16-20(5,6)25-12-14-27-15-13-25/h8-16H2,1-7H3,(H2,21,22,23). The summed E-state index contributed by atoms with van der Waals surface area (Å²) in [5, 5.41) is 6.70. The second-order valence-electron chi connectivity index (χ2n) is 8.73. The van der Waals surface area contributed by atoms with Gasteiger partial charge in [0.05, 0.1) is 13.2 Å². The fourth-order valence-electron chi connectivity index (χ4n) is 3.00. The number of hydrogen-bond acceptors (Lipinski definition) is 5. The van der Waals surface area contributed by atoms with Gasteiger partial charge in [0, 0.05) is 51.9 Å². The predicted molar refractivity (Wildman–Crippen MR) is 114 cm³/mol. The molecule has 0 aromatic carbocycles. The van der Waals surface area contributed by atoms with Gasteiger partial charge in [-0.25, -0.2) is 4.79 Å². The number of carbonyl (C=O) groups is 1. The first kappa shape index (κ1) is 24.5. The van der Waals surface area contributed by atoms with Gasteiger partial charge in [0.25, 0.3) is 0 Å². The highest BCUT2D eigenvalue weighted by molar-refractivity contribution is 5.79. The van der Waals surface area contributed by atoms with Gasteiger partial charge in [-0.15, -0.1) is 0 Å². The smallest absolute Gasteiger partial charge is 0.410 e. The zero-order valence-electron chi connectivity index (χ0n) is 18.9. The molecule has 0 spiro atoms. The minimum atomic E-state index is -0.487.